The van der Waals surface area contributed by atoms with Crippen LogP contribution in [-0.2, 0) is 19.7 Å². The van der Waals surface area contributed by atoms with Gasteiger partial charge < -0.3 is 24.1 Å². The first-order valence-electron chi connectivity index (χ1n) is 10.1. The van der Waals surface area contributed by atoms with E-state index in [1.807, 2.05) is 48.5 Å². The monoisotopic (exact) mass is 450 g/mol. The number of carbonyl (C=O) groups excluding carboxylic acids is 1. The molecular formula is C24H31ClO6. The number of aliphatic hydroxyl groups is 1. The second kappa shape index (κ2) is 11.9. The smallest absolute Gasteiger partial charge is 0.303 e. The molecule has 2 aromatic carbocycles. The molecule has 2 atom stereocenters. The number of alkyl halides is 1. The fraction of sp³-hybridized carbons (Fsp3) is 0.458. The first-order chi connectivity index (χ1) is 14.8. The maximum atomic E-state index is 11.2. The summed E-state index contributed by atoms with van der Waals surface area (Å²) in [6.45, 7) is 6.31. The van der Waals surface area contributed by atoms with Gasteiger partial charge in [0.15, 0.2) is 6.10 Å². The topological polar surface area (TPSA) is 74.2 Å². The zero-order valence-electron chi connectivity index (χ0n) is 18.5. The van der Waals surface area contributed by atoms with E-state index in [2.05, 4.69) is 13.8 Å². The Bertz CT molecular complexity index is 804. The molecule has 170 valence electrons. The summed E-state index contributed by atoms with van der Waals surface area (Å²) in [6, 6.07) is 15.7. The Balaban J connectivity index is 2.01. The lowest BCUT2D eigenvalue weighted by molar-refractivity contribution is -0.150. The van der Waals surface area contributed by atoms with Gasteiger partial charge in [-0.15, -0.1) is 11.6 Å². The molecule has 0 bridgehead atoms. The van der Waals surface area contributed by atoms with Crippen LogP contribution >= 0.6 is 11.6 Å². The van der Waals surface area contributed by atoms with Crippen LogP contribution < -0.4 is 9.47 Å². The van der Waals surface area contributed by atoms with Crippen molar-refractivity contribution in [2.24, 2.45) is 0 Å². The fourth-order valence-electron chi connectivity index (χ4n) is 3.07. The maximum absolute atomic E-state index is 11.2. The molecule has 6 nitrogen and oxygen atoms in total. The number of carbonyl (C=O) groups is 1. The summed E-state index contributed by atoms with van der Waals surface area (Å²) < 4.78 is 21.5. The van der Waals surface area contributed by atoms with E-state index in [0.717, 1.165) is 11.1 Å². The number of hydrogen-bond acceptors (Lipinski definition) is 6. The van der Waals surface area contributed by atoms with E-state index >= 15 is 0 Å². The Hall–Kier alpha value is -2.28. The summed E-state index contributed by atoms with van der Waals surface area (Å²) in [5.41, 5.74) is 2.02. The summed E-state index contributed by atoms with van der Waals surface area (Å²) >= 11 is 5.59. The summed E-state index contributed by atoms with van der Waals surface area (Å²) in [4.78, 5) is 11.2. The van der Waals surface area contributed by atoms with Gasteiger partial charge in [-0.1, -0.05) is 38.1 Å². The summed E-state index contributed by atoms with van der Waals surface area (Å²) in [7, 11) is 1.55. The zero-order chi connectivity index (χ0) is 22.9. The van der Waals surface area contributed by atoms with Gasteiger partial charge in [0.2, 0.25) is 0 Å². The van der Waals surface area contributed by atoms with Crippen molar-refractivity contribution in [1.29, 1.82) is 0 Å². The molecule has 0 radical (unpaired) electrons. The molecule has 0 aliphatic carbocycles. The maximum Gasteiger partial charge on any atom is 0.303 e. The quantitative estimate of drug-likeness (QED) is 0.390. The van der Waals surface area contributed by atoms with Gasteiger partial charge in [-0.3, -0.25) is 4.79 Å². The van der Waals surface area contributed by atoms with Gasteiger partial charge in [0.1, 0.15) is 30.8 Å². The molecule has 0 aliphatic heterocycles. The van der Waals surface area contributed by atoms with E-state index in [4.69, 9.17) is 30.5 Å². The minimum atomic E-state index is -0.683. The van der Waals surface area contributed by atoms with Crippen LogP contribution in [0.15, 0.2) is 48.5 Å². The van der Waals surface area contributed by atoms with E-state index in [1.165, 1.54) is 6.92 Å². The molecule has 0 heterocycles. The van der Waals surface area contributed by atoms with Crippen molar-refractivity contribution in [2.45, 2.75) is 38.4 Å². The van der Waals surface area contributed by atoms with Crippen molar-refractivity contribution >= 4 is 17.6 Å². The molecule has 0 fully saturated rings. The van der Waals surface area contributed by atoms with Crippen LogP contribution in [0.5, 0.6) is 11.5 Å². The average Bonchev–Trinajstić information content (AvgIpc) is 2.76. The van der Waals surface area contributed by atoms with Crippen molar-refractivity contribution in [3.05, 3.63) is 59.7 Å². The average molecular weight is 451 g/mol. The third-order valence-corrected chi connectivity index (χ3v) is 5.25. The molecule has 0 spiro atoms. The third-order valence-electron chi connectivity index (χ3n) is 4.89. The normalized spacial score (nSPS) is 13.4. The lowest BCUT2D eigenvalue weighted by Crippen LogP contribution is -2.28. The lowest BCUT2D eigenvalue weighted by Gasteiger charge is -2.26. The van der Waals surface area contributed by atoms with Crippen LogP contribution in [0.4, 0.5) is 0 Å². The van der Waals surface area contributed by atoms with Crippen molar-refractivity contribution in [3.63, 3.8) is 0 Å². The van der Waals surface area contributed by atoms with Gasteiger partial charge in [-0.25, -0.2) is 0 Å². The summed E-state index contributed by atoms with van der Waals surface area (Å²) in [6.07, 6.45) is -1.14. The van der Waals surface area contributed by atoms with Crippen molar-refractivity contribution < 1.29 is 28.8 Å². The molecule has 2 aromatic rings. The second-order valence-corrected chi connectivity index (χ2v) is 8.10. The van der Waals surface area contributed by atoms with Gasteiger partial charge in [0.25, 0.3) is 0 Å². The Kier molecular flexibility index (Phi) is 9.62. The minimum Gasteiger partial charge on any atom is -0.491 e. The van der Waals surface area contributed by atoms with E-state index in [-0.39, 0.29) is 37.1 Å². The molecule has 0 unspecified atom stereocenters. The molecule has 1 N–H and O–H groups in total. The number of ether oxygens (including phenoxy) is 4. The SMILES string of the molecule is COC[C@@H](COc1ccc(C(C)(C)c2ccc(OC[C@H](O)CCl)cc2)cc1)OC(C)=O. The standard InChI is InChI=1S/C24H31ClO6/c1-17(26)31-23(15-28-4)16-30-22-11-7-19(8-12-22)24(2,3)18-5-9-21(10-6-18)29-14-20(27)13-25/h5-12,20,23,27H,13-16H2,1-4H3/t20-,23+/m1/s1. The molecule has 7 heteroatoms. The number of rotatable bonds is 12. The summed E-state index contributed by atoms with van der Waals surface area (Å²) in [5.74, 6) is 1.15. The van der Waals surface area contributed by atoms with Crippen molar-refractivity contribution in [1.82, 2.24) is 0 Å². The van der Waals surface area contributed by atoms with Gasteiger partial charge in [0, 0.05) is 19.4 Å². The highest BCUT2D eigenvalue weighted by Gasteiger charge is 2.23. The number of methoxy groups -OCH3 is 1. The molecule has 31 heavy (non-hydrogen) atoms. The van der Waals surface area contributed by atoms with Crippen LogP contribution in [-0.4, -0.2) is 56.1 Å². The number of benzene rings is 2. The molecule has 0 aliphatic rings. The van der Waals surface area contributed by atoms with Crippen LogP contribution in [0, 0.1) is 0 Å². The summed E-state index contributed by atoms with van der Waals surface area (Å²) in [5, 5.41) is 9.51. The van der Waals surface area contributed by atoms with Crippen LogP contribution in [0.1, 0.15) is 31.9 Å². The van der Waals surface area contributed by atoms with Gasteiger partial charge in [-0.05, 0) is 35.4 Å². The highest BCUT2D eigenvalue weighted by atomic mass is 35.5. The van der Waals surface area contributed by atoms with Gasteiger partial charge >= 0.3 is 5.97 Å². The van der Waals surface area contributed by atoms with Crippen LogP contribution in [0.25, 0.3) is 0 Å². The second-order valence-electron chi connectivity index (χ2n) is 7.79. The number of aliphatic hydroxyl groups excluding tert-OH is 1. The zero-order valence-corrected chi connectivity index (χ0v) is 19.2. The van der Waals surface area contributed by atoms with Crippen molar-refractivity contribution in [3.8, 4) is 11.5 Å². The molecule has 0 amide bonds. The van der Waals surface area contributed by atoms with E-state index in [0.29, 0.717) is 11.5 Å². The molecular weight excluding hydrogens is 420 g/mol. The van der Waals surface area contributed by atoms with Crippen LogP contribution in [0.3, 0.4) is 0 Å². The number of halogens is 1. The van der Waals surface area contributed by atoms with Gasteiger partial charge in [0.05, 0.1) is 12.5 Å². The Morgan fingerprint density at radius 2 is 1.42 bits per heavy atom. The largest absolute Gasteiger partial charge is 0.491 e. The molecule has 2 rings (SSSR count). The minimum absolute atomic E-state index is 0.140. The van der Waals surface area contributed by atoms with E-state index in [9.17, 15) is 9.90 Å². The highest BCUT2D eigenvalue weighted by Crippen LogP contribution is 2.33. The van der Waals surface area contributed by atoms with E-state index in [1.54, 1.807) is 7.11 Å². The predicted molar refractivity (Wildman–Crippen MR) is 120 cm³/mol. The fourth-order valence-corrected chi connectivity index (χ4v) is 3.15. The number of esters is 1. The molecule has 0 saturated carbocycles. The van der Waals surface area contributed by atoms with Gasteiger partial charge in [-0.2, -0.15) is 0 Å². The molecule has 0 aromatic heterocycles. The number of hydrogen-bond donors (Lipinski definition) is 1. The van der Waals surface area contributed by atoms with Crippen LogP contribution in [0.2, 0.25) is 0 Å². The first kappa shape index (κ1) is 25.0. The highest BCUT2D eigenvalue weighted by molar-refractivity contribution is 6.18. The Morgan fingerprint density at radius 3 is 1.84 bits per heavy atom. The first-order valence-corrected chi connectivity index (χ1v) is 10.7. The Morgan fingerprint density at radius 1 is 0.935 bits per heavy atom. The molecule has 0 saturated heterocycles. The lowest BCUT2D eigenvalue weighted by atomic mass is 9.78. The van der Waals surface area contributed by atoms with Crippen molar-refractivity contribution in [2.75, 3.05) is 32.8 Å². The van der Waals surface area contributed by atoms with E-state index < -0.39 is 12.2 Å². The third kappa shape index (κ3) is 7.73. The predicted octanol–water partition coefficient (Wildman–Crippen LogP) is 3.95. The Labute approximate surface area is 189 Å².